The molecule has 6 heteroatoms. The molecule has 2 aliphatic carbocycles. The molecule has 0 atom stereocenters. The van der Waals surface area contributed by atoms with E-state index in [0.29, 0.717) is 12.0 Å². The van der Waals surface area contributed by atoms with Gasteiger partial charge in [-0.2, -0.15) is 0 Å². The van der Waals surface area contributed by atoms with Crippen molar-refractivity contribution in [3.8, 4) is 0 Å². The first-order valence-corrected chi connectivity index (χ1v) is 6.03. The molecule has 0 amide bonds. The Kier molecular flexibility index (Phi) is 5.40. The van der Waals surface area contributed by atoms with Crippen LogP contribution in [0, 0.1) is 0 Å². The van der Waals surface area contributed by atoms with Gasteiger partial charge in [-0.1, -0.05) is 19.3 Å². The molecule has 2 aliphatic rings. The molecule has 17 heavy (non-hydrogen) atoms. The fourth-order valence-corrected chi connectivity index (χ4v) is 2.42. The normalized spacial score (nSPS) is 25.9. The van der Waals surface area contributed by atoms with Crippen LogP contribution in [0.5, 0.6) is 0 Å². The van der Waals surface area contributed by atoms with E-state index in [1.807, 2.05) is 0 Å². The van der Waals surface area contributed by atoms with Gasteiger partial charge >= 0.3 is 0 Å². The van der Waals surface area contributed by atoms with Crippen LogP contribution in [0.25, 0.3) is 0 Å². The summed E-state index contributed by atoms with van der Waals surface area (Å²) in [4.78, 5) is 4.34. The smallest absolute Gasteiger partial charge is 0.252 e. The highest BCUT2D eigenvalue weighted by molar-refractivity contribution is 14.0. The lowest BCUT2D eigenvalue weighted by molar-refractivity contribution is -0.0886. The first kappa shape index (κ1) is 14.9. The fraction of sp³-hybridized carbons (Fsp3) is 0.909. The molecule has 0 aromatic heterocycles. The fourth-order valence-electron chi connectivity index (χ4n) is 2.42. The molecule has 3 nitrogen and oxygen atoms in total. The molecule has 2 fully saturated rings. The maximum absolute atomic E-state index is 12.6. The Morgan fingerprint density at radius 1 is 1.18 bits per heavy atom. The number of hydrogen-bond donors (Lipinski definition) is 2. The minimum atomic E-state index is -2.50. The van der Waals surface area contributed by atoms with Crippen molar-refractivity contribution in [2.45, 2.75) is 63.0 Å². The van der Waals surface area contributed by atoms with Gasteiger partial charge in [0.25, 0.3) is 5.92 Å². The molecule has 2 saturated carbocycles. The van der Waals surface area contributed by atoms with Crippen LogP contribution >= 0.6 is 24.0 Å². The lowest BCUT2D eigenvalue weighted by atomic mass is 9.88. The lowest BCUT2D eigenvalue weighted by Crippen LogP contribution is -2.52. The third-order valence-corrected chi connectivity index (χ3v) is 3.34. The third kappa shape index (κ3) is 4.56. The number of nitrogens with one attached hydrogen (secondary N) is 1. The monoisotopic (exact) mass is 359 g/mol. The Bertz CT molecular complexity index is 270. The summed E-state index contributed by atoms with van der Waals surface area (Å²) in [6.45, 7) is 0. The van der Waals surface area contributed by atoms with Crippen LogP contribution in [0.3, 0.4) is 0 Å². The number of aliphatic imine (C=N–C) groups is 1. The van der Waals surface area contributed by atoms with Gasteiger partial charge in [-0.25, -0.2) is 8.78 Å². The van der Waals surface area contributed by atoms with Gasteiger partial charge < -0.3 is 11.1 Å². The van der Waals surface area contributed by atoms with Crippen LogP contribution in [0.2, 0.25) is 0 Å². The maximum atomic E-state index is 12.6. The molecule has 0 unspecified atom stereocenters. The molecular weight excluding hydrogens is 339 g/mol. The SMILES string of the molecule is I.NC(=NC1CCCCC1)NC1CC(F)(F)C1. The minimum absolute atomic E-state index is 0. The number of nitrogens with two attached hydrogens (primary N) is 1. The first-order chi connectivity index (χ1) is 7.55. The quantitative estimate of drug-likeness (QED) is 0.453. The molecule has 2 rings (SSSR count). The Morgan fingerprint density at radius 2 is 1.76 bits per heavy atom. The Balaban J connectivity index is 0.00000144. The van der Waals surface area contributed by atoms with Crippen LogP contribution in [0.4, 0.5) is 8.78 Å². The van der Waals surface area contributed by atoms with Gasteiger partial charge in [-0.05, 0) is 12.8 Å². The highest BCUT2D eigenvalue weighted by atomic mass is 127. The van der Waals surface area contributed by atoms with Gasteiger partial charge in [-0.3, -0.25) is 4.99 Å². The topological polar surface area (TPSA) is 50.4 Å². The van der Waals surface area contributed by atoms with Crippen LogP contribution in [0.15, 0.2) is 4.99 Å². The average Bonchev–Trinajstić information content (AvgIpc) is 2.16. The standard InChI is InChI=1S/C11H19F2N3.HI/c12-11(13)6-9(7-11)16-10(14)15-8-4-2-1-3-5-8;/h8-9H,1-7H2,(H3,14,15,16);1H. The van der Waals surface area contributed by atoms with Crippen molar-refractivity contribution in [3.05, 3.63) is 0 Å². The van der Waals surface area contributed by atoms with Gasteiger partial charge in [0.15, 0.2) is 5.96 Å². The highest BCUT2D eigenvalue weighted by Gasteiger charge is 2.45. The summed E-state index contributed by atoms with van der Waals surface area (Å²) in [5.74, 6) is -2.16. The van der Waals surface area contributed by atoms with E-state index in [2.05, 4.69) is 10.3 Å². The summed E-state index contributed by atoms with van der Waals surface area (Å²) in [6, 6.07) is 0.101. The third-order valence-electron chi connectivity index (χ3n) is 3.34. The highest BCUT2D eigenvalue weighted by Crippen LogP contribution is 2.37. The number of alkyl halides is 2. The molecular formula is C11H20F2IN3. The summed E-state index contributed by atoms with van der Waals surface area (Å²) >= 11 is 0. The average molecular weight is 359 g/mol. The predicted molar refractivity (Wildman–Crippen MR) is 75.0 cm³/mol. The van der Waals surface area contributed by atoms with E-state index >= 15 is 0 Å². The van der Waals surface area contributed by atoms with Crippen LogP contribution < -0.4 is 11.1 Å². The number of hydrogen-bond acceptors (Lipinski definition) is 1. The molecule has 0 aromatic carbocycles. The number of halogens is 3. The number of nitrogens with zero attached hydrogens (tertiary/aromatic N) is 1. The zero-order valence-electron chi connectivity index (χ0n) is 9.79. The summed E-state index contributed by atoms with van der Waals surface area (Å²) in [5.41, 5.74) is 5.70. The second-order valence-corrected chi connectivity index (χ2v) is 4.91. The van der Waals surface area contributed by atoms with Crippen molar-refractivity contribution in [2.24, 2.45) is 10.7 Å². The van der Waals surface area contributed by atoms with Crippen molar-refractivity contribution in [1.82, 2.24) is 5.32 Å². The minimum Gasteiger partial charge on any atom is -0.370 e. The van der Waals surface area contributed by atoms with Crippen molar-refractivity contribution >= 4 is 29.9 Å². The van der Waals surface area contributed by atoms with E-state index in [-0.39, 0.29) is 42.9 Å². The van der Waals surface area contributed by atoms with Crippen molar-refractivity contribution < 1.29 is 8.78 Å². The second-order valence-electron chi connectivity index (χ2n) is 4.91. The molecule has 0 aliphatic heterocycles. The molecule has 3 N–H and O–H groups in total. The maximum Gasteiger partial charge on any atom is 0.252 e. The number of guanidine groups is 1. The van der Waals surface area contributed by atoms with E-state index in [1.165, 1.54) is 19.3 Å². The zero-order chi connectivity index (χ0) is 11.6. The van der Waals surface area contributed by atoms with Gasteiger partial charge in [0, 0.05) is 18.9 Å². The van der Waals surface area contributed by atoms with Crippen molar-refractivity contribution in [2.75, 3.05) is 0 Å². The Labute approximate surface area is 118 Å². The van der Waals surface area contributed by atoms with Gasteiger partial charge in [0.1, 0.15) is 0 Å². The summed E-state index contributed by atoms with van der Waals surface area (Å²) in [5, 5.41) is 2.87. The van der Waals surface area contributed by atoms with Crippen LogP contribution in [0.1, 0.15) is 44.9 Å². The van der Waals surface area contributed by atoms with E-state index in [9.17, 15) is 8.78 Å². The molecule has 0 aromatic rings. The molecule has 0 heterocycles. The van der Waals surface area contributed by atoms with Crippen molar-refractivity contribution in [3.63, 3.8) is 0 Å². The lowest BCUT2D eigenvalue weighted by Gasteiger charge is -2.35. The summed E-state index contributed by atoms with van der Waals surface area (Å²) in [7, 11) is 0. The van der Waals surface area contributed by atoms with Crippen LogP contribution in [-0.4, -0.2) is 24.0 Å². The molecule has 0 radical (unpaired) electrons. The Hall–Kier alpha value is -0.140. The molecule has 0 bridgehead atoms. The van der Waals surface area contributed by atoms with Crippen LogP contribution in [-0.2, 0) is 0 Å². The summed E-state index contributed by atoms with van der Waals surface area (Å²) in [6.07, 6.45) is 5.58. The van der Waals surface area contributed by atoms with Gasteiger partial charge in [-0.15, -0.1) is 24.0 Å². The largest absolute Gasteiger partial charge is 0.370 e. The van der Waals surface area contributed by atoms with E-state index in [0.717, 1.165) is 12.8 Å². The van der Waals surface area contributed by atoms with Gasteiger partial charge in [0.05, 0.1) is 6.04 Å². The zero-order valence-corrected chi connectivity index (χ0v) is 12.1. The number of rotatable bonds is 2. The van der Waals surface area contributed by atoms with Gasteiger partial charge in [0.2, 0.25) is 0 Å². The second kappa shape index (κ2) is 6.15. The van der Waals surface area contributed by atoms with E-state index < -0.39 is 5.92 Å². The van der Waals surface area contributed by atoms with E-state index in [4.69, 9.17) is 5.73 Å². The molecule has 100 valence electrons. The van der Waals surface area contributed by atoms with E-state index in [1.54, 1.807) is 0 Å². The Morgan fingerprint density at radius 3 is 2.29 bits per heavy atom. The van der Waals surface area contributed by atoms with Crippen molar-refractivity contribution in [1.29, 1.82) is 0 Å². The summed E-state index contributed by atoms with van der Waals surface area (Å²) < 4.78 is 25.2. The predicted octanol–water partition coefficient (Wildman–Crippen LogP) is 2.64. The first-order valence-electron chi connectivity index (χ1n) is 6.03. The molecule has 0 spiro atoms. The molecule has 0 saturated heterocycles.